The van der Waals surface area contributed by atoms with Crippen LogP contribution in [0.4, 0.5) is 19.0 Å². The number of nitrogens with two attached hydrogens (primary N) is 1. The highest BCUT2D eigenvalue weighted by atomic mass is 35.5. The lowest BCUT2D eigenvalue weighted by molar-refractivity contribution is -0.145. The van der Waals surface area contributed by atoms with Crippen molar-refractivity contribution < 1.29 is 17.9 Å². The Bertz CT molecular complexity index is 604. The van der Waals surface area contributed by atoms with E-state index >= 15 is 0 Å². The first-order valence-electron chi connectivity index (χ1n) is 5.00. The third-order valence-corrected chi connectivity index (χ3v) is 2.23. The maximum atomic E-state index is 12.5. The molecule has 1 aromatic heterocycles. The van der Waals surface area contributed by atoms with Crippen molar-refractivity contribution in [3.8, 4) is 11.6 Å². The van der Waals surface area contributed by atoms with E-state index in [4.69, 9.17) is 22.1 Å². The van der Waals surface area contributed by atoms with Crippen LogP contribution >= 0.6 is 11.6 Å². The molecule has 0 bridgehead atoms. The van der Waals surface area contributed by atoms with Crippen molar-refractivity contribution in [3.63, 3.8) is 0 Å². The van der Waals surface area contributed by atoms with Gasteiger partial charge in [0.2, 0.25) is 11.7 Å². The van der Waals surface area contributed by atoms with Crippen molar-refractivity contribution >= 4 is 17.4 Å². The molecule has 100 valence electrons. The average molecular weight is 290 g/mol. The Morgan fingerprint density at radius 3 is 2.53 bits per heavy atom. The van der Waals surface area contributed by atoms with Gasteiger partial charge < -0.3 is 10.5 Å². The lowest BCUT2D eigenvalue weighted by Gasteiger charge is -2.09. The molecule has 0 aliphatic carbocycles. The molecule has 2 aromatic rings. The largest absolute Gasteiger partial charge is 0.451 e. The van der Waals surface area contributed by atoms with E-state index in [1.54, 1.807) is 12.1 Å². The van der Waals surface area contributed by atoms with Crippen LogP contribution in [-0.4, -0.2) is 9.97 Å². The Morgan fingerprint density at radius 1 is 1.16 bits per heavy atom. The van der Waals surface area contributed by atoms with E-state index in [1.165, 1.54) is 12.1 Å². The monoisotopic (exact) mass is 289 g/mol. The molecule has 1 aromatic carbocycles. The van der Waals surface area contributed by atoms with E-state index in [9.17, 15) is 13.2 Å². The normalized spacial score (nSPS) is 11.4. The maximum Gasteiger partial charge on any atom is 0.451 e. The molecule has 0 amide bonds. The minimum atomic E-state index is -4.69. The highest BCUT2D eigenvalue weighted by Crippen LogP contribution is 2.30. The van der Waals surface area contributed by atoms with Gasteiger partial charge in [-0.1, -0.05) is 17.7 Å². The van der Waals surface area contributed by atoms with Crippen molar-refractivity contribution in [2.45, 2.75) is 6.18 Å². The van der Waals surface area contributed by atoms with Gasteiger partial charge in [-0.15, -0.1) is 0 Å². The van der Waals surface area contributed by atoms with Crippen LogP contribution in [0.15, 0.2) is 30.3 Å². The van der Waals surface area contributed by atoms with Crippen LogP contribution in [0.1, 0.15) is 5.82 Å². The fraction of sp³-hybridized carbons (Fsp3) is 0.0909. The first-order chi connectivity index (χ1) is 8.84. The minimum absolute atomic E-state index is 0.249. The average Bonchev–Trinajstić information content (AvgIpc) is 2.26. The summed E-state index contributed by atoms with van der Waals surface area (Å²) in [5.74, 6) is -1.75. The molecule has 0 atom stereocenters. The topological polar surface area (TPSA) is 61.0 Å². The number of nitrogens with zero attached hydrogens (tertiary/aromatic N) is 2. The van der Waals surface area contributed by atoms with Crippen molar-refractivity contribution in [1.29, 1.82) is 0 Å². The third-order valence-electron chi connectivity index (χ3n) is 1.99. The van der Waals surface area contributed by atoms with Gasteiger partial charge in [0, 0.05) is 11.1 Å². The molecule has 0 aliphatic rings. The third kappa shape index (κ3) is 3.47. The summed E-state index contributed by atoms with van der Waals surface area (Å²) in [5.41, 5.74) is 5.28. The van der Waals surface area contributed by atoms with E-state index in [-0.39, 0.29) is 17.4 Å². The van der Waals surface area contributed by atoms with E-state index in [0.717, 1.165) is 6.07 Å². The Balaban J connectivity index is 2.33. The molecule has 2 rings (SSSR count). The lowest BCUT2D eigenvalue weighted by atomic mass is 10.3. The molecule has 0 spiro atoms. The molecular formula is C11H7ClF3N3O. The number of benzene rings is 1. The van der Waals surface area contributed by atoms with Gasteiger partial charge in [-0.3, -0.25) is 0 Å². The summed E-state index contributed by atoms with van der Waals surface area (Å²) in [4.78, 5) is 6.35. The number of alkyl halides is 3. The van der Waals surface area contributed by atoms with Crippen molar-refractivity contribution in [3.05, 3.63) is 41.2 Å². The molecule has 4 nitrogen and oxygen atoms in total. The number of ether oxygens (including phenoxy) is 1. The molecule has 0 saturated carbocycles. The highest BCUT2D eigenvalue weighted by Gasteiger charge is 2.35. The van der Waals surface area contributed by atoms with Crippen LogP contribution < -0.4 is 10.5 Å². The van der Waals surface area contributed by atoms with Gasteiger partial charge in [-0.25, -0.2) is 4.98 Å². The van der Waals surface area contributed by atoms with Gasteiger partial charge in [-0.05, 0) is 18.2 Å². The molecule has 0 aliphatic heterocycles. The number of nitrogen functional groups attached to an aromatic ring is 1. The van der Waals surface area contributed by atoms with Crippen LogP contribution in [0, 0.1) is 0 Å². The van der Waals surface area contributed by atoms with Gasteiger partial charge in [-0.2, -0.15) is 18.2 Å². The van der Waals surface area contributed by atoms with Crippen LogP contribution in [0.2, 0.25) is 5.02 Å². The zero-order chi connectivity index (χ0) is 14.0. The molecule has 2 N–H and O–H groups in total. The second kappa shape index (κ2) is 4.93. The Hall–Kier alpha value is -2.02. The van der Waals surface area contributed by atoms with Gasteiger partial charge in [0.1, 0.15) is 11.6 Å². The number of rotatable bonds is 2. The lowest BCUT2D eigenvalue weighted by Crippen LogP contribution is -2.12. The summed E-state index contributed by atoms with van der Waals surface area (Å²) >= 11 is 5.73. The van der Waals surface area contributed by atoms with E-state index in [0.29, 0.717) is 5.02 Å². The van der Waals surface area contributed by atoms with Gasteiger partial charge >= 0.3 is 6.18 Å². The zero-order valence-corrected chi connectivity index (χ0v) is 10.0. The van der Waals surface area contributed by atoms with Crippen LogP contribution in [0.25, 0.3) is 0 Å². The smallest absolute Gasteiger partial charge is 0.439 e. The van der Waals surface area contributed by atoms with Gasteiger partial charge in [0.15, 0.2) is 0 Å². The molecule has 0 unspecified atom stereocenters. The first-order valence-corrected chi connectivity index (χ1v) is 5.37. The second-order valence-electron chi connectivity index (χ2n) is 3.51. The summed E-state index contributed by atoms with van der Waals surface area (Å²) in [6, 6.07) is 7.25. The van der Waals surface area contributed by atoms with Gasteiger partial charge in [0.25, 0.3) is 0 Å². The Kier molecular flexibility index (Phi) is 3.48. The fourth-order valence-electron chi connectivity index (χ4n) is 1.27. The minimum Gasteiger partial charge on any atom is -0.439 e. The molecule has 1 heterocycles. The van der Waals surface area contributed by atoms with E-state index in [1.807, 2.05) is 0 Å². The van der Waals surface area contributed by atoms with E-state index in [2.05, 4.69) is 9.97 Å². The SMILES string of the molecule is Nc1cc(Oc2cccc(Cl)c2)nc(C(F)(F)F)n1. The summed E-state index contributed by atoms with van der Waals surface area (Å²) in [6.07, 6.45) is -4.69. The summed E-state index contributed by atoms with van der Waals surface area (Å²) in [7, 11) is 0. The second-order valence-corrected chi connectivity index (χ2v) is 3.95. The predicted octanol–water partition coefficient (Wildman–Crippen LogP) is 3.52. The Morgan fingerprint density at radius 2 is 1.89 bits per heavy atom. The quantitative estimate of drug-likeness (QED) is 0.919. The van der Waals surface area contributed by atoms with Crippen molar-refractivity contribution in [1.82, 2.24) is 9.97 Å². The molecule has 19 heavy (non-hydrogen) atoms. The van der Waals surface area contributed by atoms with Gasteiger partial charge in [0.05, 0.1) is 0 Å². The molecular weight excluding hydrogens is 283 g/mol. The predicted molar refractivity (Wildman–Crippen MR) is 63.0 cm³/mol. The first kappa shape index (κ1) is 13.4. The Labute approximate surface area is 111 Å². The molecule has 0 saturated heterocycles. The standard InChI is InChI=1S/C11H7ClF3N3O/c12-6-2-1-3-7(4-6)19-9-5-8(16)17-10(18-9)11(13,14)15/h1-5H,(H2,16,17,18). The van der Waals surface area contributed by atoms with Crippen LogP contribution in [0.5, 0.6) is 11.6 Å². The summed E-state index contributed by atoms with van der Waals surface area (Å²) in [6.45, 7) is 0. The number of hydrogen-bond donors (Lipinski definition) is 1. The highest BCUT2D eigenvalue weighted by molar-refractivity contribution is 6.30. The number of hydrogen-bond acceptors (Lipinski definition) is 4. The van der Waals surface area contributed by atoms with Crippen LogP contribution in [-0.2, 0) is 6.18 Å². The number of anilines is 1. The van der Waals surface area contributed by atoms with Crippen molar-refractivity contribution in [2.75, 3.05) is 5.73 Å². The molecule has 0 fully saturated rings. The molecule has 8 heteroatoms. The number of halogens is 4. The summed E-state index contributed by atoms with van der Waals surface area (Å²) < 4.78 is 42.6. The maximum absolute atomic E-state index is 12.5. The zero-order valence-electron chi connectivity index (χ0n) is 9.28. The van der Waals surface area contributed by atoms with E-state index < -0.39 is 12.0 Å². The fourth-order valence-corrected chi connectivity index (χ4v) is 1.45. The molecule has 0 radical (unpaired) electrons. The van der Waals surface area contributed by atoms with Crippen LogP contribution in [0.3, 0.4) is 0 Å². The number of aromatic nitrogens is 2. The van der Waals surface area contributed by atoms with Crippen molar-refractivity contribution in [2.24, 2.45) is 0 Å². The summed E-state index contributed by atoms with van der Waals surface area (Å²) in [5, 5.41) is 0.385.